The maximum absolute atomic E-state index is 12.5. The highest BCUT2D eigenvalue weighted by molar-refractivity contribution is 7.92. The van der Waals surface area contributed by atoms with Crippen molar-refractivity contribution in [2.45, 2.75) is 43.7 Å². The van der Waals surface area contributed by atoms with Crippen molar-refractivity contribution in [3.63, 3.8) is 0 Å². The van der Waals surface area contributed by atoms with Crippen molar-refractivity contribution >= 4 is 15.7 Å². The summed E-state index contributed by atoms with van der Waals surface area (Å²) >= 11 is 0. The van der Waals surface area contributed by atoms with Gasteiger partial charge in [0.15, 0.2) is 0 Å². The lowest BCUT2D eigenvalue weighted by atomic mass is 10.1. The summed E-state index contributed by atoms with van der Waals surface area (Å²) in [5.41, 5.74) is 2.84. The lowest BCUT2D eigenvalue weighted by molar-refractivity contribution is -0.0498. The summed E-state index contributed by atoms with van der Waals surface area (Å²) in [7, 11) is -3.81. The summed E-state index contributed by atoms with van der Waals surface area (Å²) in [6.07, 6.45) is 2.87. The molecule has 0 saturated carbocycles. The molecule has 0 bridgehead atoms. The van der Waals surface area contributed by atoms with Crippen LogP contribution >= 0.6 is 0 Å². The van der Waals surface area contributed by atoms with Gasteiger partial charge in [-0.05, 0) is 73.3 Å². The van der Waals surface area contributed by atoms with Crippen molar-refractivity contribution in [3.05, 3.63) is 53.6 Å². The van der Waals surface area contributed by atoms with E-state index < -0.39 is 16.6 Å². The van der Waals surface area contributed by atoms with E-state index in [0.29, 0.717) is 11.7 Å². The van der Waals surface area contributed by atoms with Crippen LogP contribution in [0.25, 0.3) is 0 Å². The second-order valence-electron chi connectivity index (χ2n) is 6.50. The Morgan fingerprint density at radius 1 is 1.11 bits per heavy atom. The average Bonchev–Trinajstić information content (AvgIpc) is 3.01. The van der Waals surface area contributed by atoms with Crippen LogP contribution in [-0.2, 0) is 22.9 Å². The molecular formula is C19H22F2N2O3S. The average molecular weight is 396 g/mol. The molecular weight excluding hydrogens is 374 g/mol. The molecule has 1 aliphatic carbocycles. The minimum atomic E-state index is -3.81. The number of sulfonamides is 1. The van der Waals surface area contributed by atoms with Crippen LogP contribution in [0.1, 0.15) is 24.5 Å². The Labute approximate surface area is 157 Å². The molecule has 2 aromatic rings. The molecule has 0 spiro atoms. The molecule has 0 saturated heterocycles. The molecule has 0 fully saturated rings. The van der Waals surface area contributed by atoms with E-state index in [1.165, 1.54) is 29.8 Å². The minimum Gasteiger partial charge on any atom is -0.435 e. The predicted molar refractivity (Wildman–Crippen MR) is 99.8 cm³/mol. The molecule has 8 heteroatoms. The van der Waals surface area contributed by atoms with Gasteiger partial charge in [-0.25, -0.2) is 8.42 Å². The summed E-state index contributed by atoms with van der Waals surface area (Å²) in [5, 5.41) is 3.49. The first-order chi connectivity index (χ1) is 12.9. The van der Waals surface area contributed by atoms with Crippen molar-refractivity contribution in [1.82, 2.24) is 5.32 Å². The molecule has 27 heavy (non-hydrogen) atoms. The predicted octanol–water partition coefficient (Wildman–Crippen LogP) is 3.56. The highest BCUT2D eigenvalue weighted by Crippen LogP contribution is 2.27. The Morgan fingerprint density at radius 3 is 2.48 bits per heavy atom. The first-order valence-corrected chi connectivity index (χ1v) is 10.3. The van der Waals surface area contributed by atoms with Crippen LogP contribution in [0.2, 0.25) is 0 Å². The third-order valence-electron chi connectivity index (χ3n) is 4.43. The number of rotatable bonds is 8. The number of ether oxygens (including phenoxy) is 1. The number of hydrogen-bond donors (Lipinski definition) is 2. The standard InChI is InChI=1S/C19H22F2N2O3S/c1-2-9-22-16-10-13-3-4-15(11-14(13)12-16)23-27(24,25)18-7-5-17(6-8-18)26-19(20)21/h3-8,11,16,19,22-23H,2,9-10,12H2,1H3. The van der Waals surface area contributed by atoms with Crippen LogP contribution in [0.4, 0.5) is 14.5 Å². The Balaban J connectivity index is 1.70. The summed E-state index contributed by atoms with van der Waals surface area (Å²) < 4.78 is 56.2. The Hall–Kier alpha value is -2.19. The summed E-state index contributed by atoms with van der Waals surface area (Å²) in [6.45, 7) is 0.130. The molecule has 1 atom stereocenters. The number of fused-ring (bicyclic) bond motifs is 1. The highest BCUT2D eigenvalue weighted by Gasteiger charge is 2.22. The molecule has 146 valence electrons. The molecule has 0 amide bonds. The van der Waals surface area contributed by atoms with Gasteiger partial charge in [0.25, 0.3) is 10.0 Å². The molecule has 0 aliphatic heterocycles. The van der Waals surface area contributed by atoms with Crippen LogP contribution in [0, 0.1) is 0 Å². The second-order valence-corrected chi connectivity index (χ2v) is 8.18. The van der Waals surface area contributed by atoms with Crippen molar-refractivity contribution in [3.8, 4) is 5.75 Å². The third-order valence-corrected chi connectivity index (χ3v) is 5.83. The molecule has 0 radical (unpaired) electrons. The van der Waals surface area contributed by atoms with E-state index in [1.54, 1.807) is 6.07 Å². The van der Waals surface area contributed by atoms with E-state index in [0.717, 1.165) is 31.4 Å². The van der Waals surface area contributed by atoms with E-state index in [9.17, 15) is 17.2 Å². The van der Waals surface area contributed by atoms with E-state index in [1.807, 2.05) is 12.1 Å². The van der Waals surface area contributed by atoms with Crippen molar-refractivity contribution in [2.24, 2.45) is 0 Å². The molecule has 3 rings (SSSR count). The van der Waals surface area contributed by atoms with Crippen molar-refractivity contribution < 1.29 is 21.9 Å². The summed E-state index contributed by atoms with van der Waals surface area (Å²) in [4.78, 5) is -0.0212. The fourth-order valence-corrected chi connectivity index (χ4v) is 4.24. The van der Waals surface area contributed by atoms with Gasteiger partial charge in [-0.15, -0.1) is 0 Å². The minimum absolute atomic E-state index is 0.0212. The normalized spacial score (nSPS) is 16.4. The first kappa shape index (κ1) is 19.6. The Morgan fingerprint density at radius 2 is 1.81 bits per heavy atom. The topological polar surface area (TPSA) is 67.4 Å². The lowest BCUT2D eigenvalue weighted by Crippen LogP contribution is -2.29. The fourth-order valence-electron chi connectivity index (χ4n) is 3.19. The zero-order valence-corrected chi connectivity index (χ0v) is 15.7. The molecule has 2 N–H and O–H groups in total. The quantitative estimate of drug-likeness (QED) is 0.716. The number of benzene rings is 2. The van der Waals surface area contributed by atoms with E-state index in [-0.39, 0.29) is 10.6 Å². The van der Waals surface area contributed by atoms with Gasteiger partial charge < -0.3 is 10.1 Å². The number of anilines is 1. The van der Waals surface area contributed by atoms with E-state index in [2.05, 4.69) is 21.7 Å². The third kappa shape index (κ3) is 4.95. The molecule has 1 aliphatic rings. The van der Waals surface area contributed by atoms with Gasteiger partial charge in [0, 0.05) is 11.7 Å². The van der Waals surface area contributed by atoms with Crippen LogP contribution < -0.4 is 14.8 Å². The van der Waals surface area contributed by atoms with E-state index >= 15 is 0 Å². The fraction of sp³-hybridized carbons (Fsp3) is 0.368. The molecule has 1 unspecified atom stereocenters. The second kappa shape index (κ2) is 8.22. The van der Waals surface area contributed by atoms with E-state index in [4.69, 9.17) is 0 Å². The van der Waals surface area contributed by atoms with Crippen LogP contribution in [-0.4, -0.2) is 27.6 Å². The zero-order valence-electron chi connectivity index (χ0n) is 14.9. The first-order valence-electron chi connectivity index (χ1n) is 8.80. The molecule has 5 nitrogen and oxygen atoms in total. The van der Waals surface area contributed by atoms with Crippen LogP contribution in [0.3, 0.4) is 0 Å². The van der Waals surface area contributed by atoms with Gasteiger partial charge in [-0.2, -0.15) is 8.78 Å². The summed E-state index contributed by atoms with van der Waals surface area (Å²) in [5.74, 6) is -0.0906. The molecule has 0 heterocycles. The lowest BCUT2D eigenvalue weighted by Gasteiger charge is -2.11. The highest BCUT2D eigenvalue weighted by atomic mass is 32.2. The van der Waals surface area contributed by atoms with Gasteiger partial charge in [0.05, 0.1) is 4.90 Å². The van der Waals surface area contributed by atoms with Gasteiger partial charge in [0.2, 0.25) is 0 Å². The number of halogens is 2. The number of nitrogens with one attached hydrogen (secondary N) is 2. The SMILES string of the molecule is CCCNC1Cc2ccc(NS(=O)(=O)c3ccc(OC(F)F)cc3)cc2C1. The Bertz CT molecular complexity index is 886. The maximum atomic E-state index is 12.5. The number of alkyl halides is 2. The molecule has 0 aromatic heterocycles. The largest absolute Gasteiger partial charge is 0.435 e. The van der Waals surface area contributed by atoms with Gasteiger partial charge in [0.1, 0.15) is 5.75 Å². The number of hydrogen-bond acceptors (Lipinski definition) is 4. The molecule has 2 aromatic carbocycles. The van der Waals surface area contributed by atoms with Crippen LogP contribution in [0.5, 0.6) is 5.75 Å². The summed E-state index contributed by atoms with van der Waals surface area (Å²) in [6, 6.07) is 10.8. The smallest absolute Gasteiger partial charge is 0.387 e. The maximum Gasteiger partial charge on any atom is 0.387 e. The Kier molecular flexibility index (Phi) is 5.96. The van der Waals surface area contributed by atoms with Crippen molar-refractivity contribution in [1.29, 1.82) is 0 Å². The van der Waals surface area contributed by atoms with Gasteiger partial charge in [-0.1, -0.05) is 13.0 Å². The van der Waals surface area contributed by atoms with Crippen LogP contribution in [0.15, 0.2) is 47.4 Å². The van der Waals surface area contributed by atoms with Gasteiger partial charge >= 0.3 is 6.61 Å². The van der Waals surface area contributed by atoms with Crippen molar-refractivity contribution in [2.75, 3.05) is 11.3 Å². The van der Waals surface area contributed by atoms with Gasteiger partial charge in [-0.3, -0.25) is 4.72 Å². The monoisotopic (exact) mass is 396 g/mol. The zero-order chi connectivity index (χ0) is 19.4.